The van der Waals surface area contributed by atoms with Gasteiger partial charge in [-0.15, -0.1) is 0 Å². The van der Waals surface area contributed by atoms with Gasteiger partial charge in [0.1, 0.15) is 6.29 Å². The van der Waals surface area contributed by atoms with Crippen molar-refractivity contribution in [3.05, 3.63) is 23.8 Å². The maximum Gasteiger partial charge on any atom is 0.258 e. The Hall–Kier alpha value is -2.08. The van der Waals surface area contributed by atoms with Crippen molar-refractivity contribution in [3.63, 3.8) is 0 Å². The molecule has 1 aromatic carbocycles. The number of benzene rings is 1. The van der Waals surface area contributed by atoms with Gasteiger partial charge in [-0.1, -0.05) is 0 Å². The van der Waals surface area contributed by atoms with Gasteiger partial charge >= 0.3 is 0 Å². The lowest BCUT2D eigenvalue weighted by Crippen LogP contribution is -2.31. The lowest BCUT2D eigenvalue weighted by molar-refractivity contribution is -0.123. The number of carbonyl (C=O) groups is 2. The standard InChI is InChI=1S/C14H19NO5/c1-3-19-13-8-11(9-16)4-5-12(13)20-10-14(17)15-6-7-18-2/h4-5,8-9H,3,6-7,10H2,1-2H3,(H,15,17). The number of amides is 1. The average Bonchev–Trinajstić information content (AvgIpc) is 2.46. The highest BCUT2D eigenvalue weighted by atomic mass is 16.5. The van der Waals surface area contributed by atoms with Crippen molar-refractivity contribution in [2.45, 2.75) is 6.92 Å². The molecule has 0 aliphatic carbocycles. The first-order chi connectivity index (χ1) is 9.71. The molecule has 1 amide bonds. The summed E-state index contributed by atoms with van der Waals surface area (Å²) in [5.41, 5.74) is 0.491. The lowest BCUT2D eigenvalue weighted by Gasteiger charge is -2.12. The third-order valence-corrected chi connectivity index (χ3v) is 2.39. The van der Waals surface area contributed by atoms with Crippen LogP contribution in [0.25, 0.3) is 0 Å². The van der Waals surface area contributed by atoms with Gasteiger partial charge in [-0.25, -0.2) is 0 Å². The minimum absolute atomic E-state index is 0.121. The molecule has 0 aromatic heterocycles. The Morgan fingerprint density at radius 1 is 1.30 bits per heavy atom. The van der Waals surface area contributed by atoms with E-state index in [0.717, 1.165) is 6.29 Å². The summed E-state index contributed by atoms with van der Waals surface area (Å²) in [6, 6.07) is 4.79. The zero-order valence-electron chi connectivity index (χ0n) is 11.7. The molecule has 110 valence electrons. The Morgan fingerprint density at radius 3 is 2.75 bits per heavy atom. The molecule has 0 fully saturated rings. The van der Waals surface area contributed by atoms with Gasteiger partial charge in [0.15, 0.2) is 18.1 Å². The summed E-state index contributed by atoms with van der Waals surface area (Å²) < 4.78 is 15.6. The molecule has 6 heteroatoms. The van der Waals surface area contributed by atoms with E-state index in [1.165, 1.54) is 0 Å². The third-order valence-electron chi connectivity index (χ3n) is 2.39. The average molecular weight is 281 g/mol. The van der Waals surface area contributed by atoms with Crippen LogP contribution in [-0.2, 0) is 9.53 Å². The van der Waals surface area contributed by atoms with Gasteiger partial charge in [0, 0.05) is 19.2 Å². The highest BCUT2D eigenvalue weighted by Gasteiger charge is 2.08. The fourth-order valence-electron chi connectivity index (χ4n) is 1.47. The maximum atomic E-state index is 11.5. The fraction of sp³-hybridized carbons (Fsp3) is 0.429. The Morgan fingerprint density at radius 2 is 2.10 bits per heavy atom. The highest BCUT2D eigenvalue weighted by molar-refractivity contribution is 5.78. The second-order valence-corrected chi connectivity index (χ2v) is 3.89. The van der Waals surface area contributed by atoms with Crippen molar-refractivity contribution in [3.8, 4) is 11.5 Å². The van der Waals surface area contributed by atoms with Crippen LogP contribution >= 0.6 is 0 Å². The molecule has 1 aromatic rings. The zero-order valence-corrected chi connectivity index (χ0v) is 11.7. The zero-order chi connectivity index (χ0) is 14.8. The highest BCUT2D eigenvalue weighted by Crippen LogP contribution is 2.27. The Kier molecular flexibility index (Phi) is 7.13. The first-order valence-electron chi connectivity index (χ1n) is 6.31. The van der Waals surface area contributed by atoms with Crippen LogP contribution in [-0.4, -0.2) is 45.7 Å². The van der Waals surface area contributed by atoms with E-state index in [-0.39, 0.29) is 12.5 Å². The van der Waals surface area contributed by atoms with E-state index in [4.69, 9.17) is 14.2 Å². The number of carbonyl (C=O) groups excluding carboxylic acids is 2. The molecular weight excluding hydrogens is 262 g/mol. The van der Waals surface area contributed by atoms with Gasteiger partial charge in [0.05, 0.1) is 13.2 Å². The largest absolute Gasteiger partial charge is 0.490 e. The predicted molar refractivity (Wildman–Crippen MR) is 73.4 cm³/mol. The minimum Gasteiger partial charge on any atom is -0.490 e. The molecule has 0 heterocycles. The number of methoxy groups -OCH3 is 1. The van der Waals surface area contributed by atoms with Crippen LogP contribution in [0.15, 0.2) is 18.2 Å². The molecule has 0 aliphatic rings. The van der Waals surface area contributed by atoms with Crippen LogP contribution in [0.5, 0.6) is 11.5 Å². The van der Waals surface area contributed by atoms with Crippen molar-refractivity contribution >= 4 is 12.2 Å². The topological polar surface area (TPSA) is 73.9 Å². The monoisotopic (exact) mass is 281 g/mol. The molecule has 0 bridgehead atoms. The van der Waals surface area contributed by atoms with Crippen LogP contribution in [0, 0.1) is 0 Å². The molecule has 0 saturated heterocycles. The predicted octanol–water partition coefficient (Wildman–Crippen LogP) is 1.04. The molecule has 0 radical (unpaired) electrons. The van der Waals surface area contributed by atoms with Crippen LogP contribution in [0.1, 0.15) is 17.3 Å². The lowest BCUT2D eigenvalue weighted by atomic mass is 10.2. The quantitative estimate of drug-likeness (QED) is 0.541. The molecule has 0 spiro atoms. The van der Waals surface area contributed by atoms with Gasteiger partial charge in [-0.05, 0) is 25.1 Å². The molecule has 0 saturated carbocycles. The molecule has 0 atom stereocenters. The van der Waals surface area contributed by atoms with Crippen LogP contribution < -0.4 is 14.8 Å². The smallest absolute Gasteiger partial charge is 0.258 e. The maximum absolute atomic E-state index is 11.5. The molecular formula is C14H19NO5. The summed E-state index contributed by atoms with van der Waals surface area (Å²) in [7, 11) is 1.56. The number of ether oxygens (including phenoxy) is 3. The van der Waals surface area contributed by atoms with E-state index in [1.54, 1.807) is 25.3 Å². The summed E-state index contributed by atoms with van der Waals surface area (Å²) in [5.74, 6) is 0.630. The van der Waals surface area contributed by atoms with Crippen LogP contribution in [0.2, 0.25) is 0 Å². The molecule has 6 nitrogen and oxygen atoms in total. The van der Waals surface area contributed by atoms with E-state index in [1.807, 2.05) is 6.92 Å². The fourth-order valence-corrected chi connectivity index (χ4v) is 1.47. The second kappa shape index (κ2) is 8.92. The van der Waals surface area contributed by atoms with Crippen LogP contribution in [0.4, 0.5) is 0 Å². The SMILES string of the molecule is CCOc1cc(C=O)ccc1OCC(=O)NCCOC. The number of hydrogen-bond acceptors (Lipinski definition) is 5. The second-order valence-electron chi connectivity index (χ2n) is 3.89. The Balaban J connectivity index is 2.57. The number of nitrogens with one attached hydrogen (secondary N) is 1. The summed E-state index contributed by atoms with van der Waals surface area (Å²) in [6.07, 6.45) is 0.726. The molecule has 1 rings (SSSR count). The van der Waals surface area contributed by atoms with E-state index in [9.17, 15) is 9.59 Å². The number of rotatable bonds is 9. The van der Waals surface area contributed by atoms with Gasteiger partial charge in [-0.2, -0.15) is 0 Å². The first kappa shape index (κ1) is 16.0. The third kappa shape index (κ3) is 5.27. The molecule has 20 heavy (non-hydrogen) atoms. The first-order valence-corrected chi connectivity index (χ1v) is 6.31. The summed E-state index contributed by atoms with van der Waals surface area (Å²) >= 11 is 0. The van der Waals surface area contributed by atoms with E-state index >= 15 is 0 Å². The van der Waals surface area contributed by atoms with Gasteiger partial charge in [0.2, 0.25) is 0 Å². The number of aldehydes is 1. The molecule has 1 N–H and O–H groups in total. The van der Waals surface area contributed by atoms with Gasteiger partial charge in [-0.3, -0.25) is 9.59 Å². The van der Waals surface area contributed by atoms with Crippen molar-refractivity contribution in [2.24, 2.45) is 0 Å². The van der Waals surface area contributed by atoms with E-state index in [0.29, 0.717) is 36.8 Å². The van der Waals surface area contributed by atoms with Crippen molar-refractivity contribution in [1.82, 2.24) is 5.32 Å². The van der Waals surface area contributed by atoms with E-state index < -0.39 is 0 Å². The Labute approximate surface area is 118 Å². The summed E-state index contributed by atoms with van der Waals surface area (Å²) in [6.45, 7) is 3.03. The van der Waals surface area contributed by atoms with Crippen molar-refractivity contribution in [2.75, 3.05) is 33.5 Å². The van der Waals surface area contributed by atoms with Crippen molar-refractivity contribution < 1.29 is 23.8 Å². The van der Waals surface area contributed by atoms with Crippen LogP contribution in [0.3, 0.4) is 0 Å². The summed E-state index contributed by atoms with van der Waals surface area (Å²) in [5, 5.41) is 2.64. The normalized spacial score (nSPS) is 9.90. The van der Waals surface area contributed by atoms with E-state index in [2.05, 4.69) is 5.32 Å². The van der Waals surface area contributed by atoms with Gasteiger partial charge < -0.3 is 19.5 Å². The van der Waals surface area contributed by atoms with Gasteiger partial charge in [0.25, 0.3) is 5.91 Å². The Bertz CT molecular complexity index is 447. The number of hydrogen-bond donors (Lipinski definition) is 1. The summed E-state index contributed by atoms with van der Waals surface area (Å²) in [4.78, 5) is 22.2. The molecule has 0 aliphatic heterocycles. The molecule has 0 unspecified atom stereocenters. The van der Waals surface area contributed by atoms with Crippen molar-refractivity contribution in [1.29, 1.82) is 0 Å². The minimum atomic E-state index is -0.246.